The number of carbonyl (C=O) groups excluding carboxylic acids is 1. The van der Waals surface area contributed by atoms with E-state index in [1.807, 2.05) is 5.38 Å². The van der Waals surface area contributed by atoms with Gasteiger partial charge in [0.1, 0.15) is 28.0 Å². The Bertz CT molecular complexity index is 994. The van der Waals surface area contributed by atoms with Gasteiger partial charge in [-0.1, -0.05) is 6.07 Å². The summed E-state index contributed by atoms with van der Waals surface area (Å²) in [5.74, 6) is -2.58. The van der Waals surface area contributed by atoms with E-state index in [4.69, 9.17) is 0 Å². The molecule has 0 N–H and O–H groups in total. The zero-order valence-electron chi connectivity index (χ0n) is 15.4. The molecule has 150 valence electrons. The molecule has 1 amide bonds. The third-order valence-electron chi connectivity index (χ3n) is 4.89. The second-order valence-electron chi connectivity index (χ2n) is 6.80. The van der Waals surface area contributed by atoms with E-state index in [-0.39, 0.29) is 5.82 Å². The van der Waals surface area contributed by atoms with E-state index in [0.717, 1.165) is 28.4 Å². The minimum Gasteiger partial charge on any atom is -0.336 e. The topological polar surface area (TPSA) is 36.4 Å². The van der Waals surface area contributed by atoms with Gasteiger partial charge in [0.05, 0.1) is 12.2 Å². The standard InChI is InChI=1S/C21H18F3N3OS/c22-15-6-4-14(5-7-15)18-13-29-19(25-18)12-26-8-10-27(11-9-26)21(28)20-16(23)2-1-3-17(20)24/h1-7,13H,8-12H2. The molecule has 29 heavy (non-hydrogen) atoms. The molecule has 0 bridgehead atoms. The van der Waals surface area contributed by atoms with Crippen LogP contribution in [0.4, 0.5) is 13.2 Å². The highest BCUT2D eigenvalue weighted by molar-refractivity contribution is 7.09. The Hall–Kier alpha value is -2.71. The van der Waals surface area contributed by atoms with E-state index in [9.17, 15) is 18.0 Å². The highest BCUT2D eigenvalue weighted by atomic mass is 32.1. The summed E-state index contributed by atoms with van der Waals surface area (Å²) in [5, 5.41) is 2.85. The predicted molar refractivity (Wildman–Crippen MR) is 105 cm³/mol. The molecule has 0 atom stereocenters. The van der Waals surface area contributed by atoms with Gasteiger partial charge in [-0.25, -0.2) is 18.2 Å². The van der Waals surface area contributed by atoms with Crippen LogP contribution >= 0.6 is 11.3 Å². The minimum atomic E-state index is -0.839. The maximum absolute atomic E-state index is 13.9. The molecule has 3 aromatic rings. The average Bonchev–Trinajstić information content (AvgIpc) is 3.17. The number of aromatic nitrogens is 1. The molecule has 0 saturated carbocycles. The summed E-state index contributed by atoms with van der Waals surface area (Å²) in [6.45, 7) is 2.59. The molecule has 1 aliphatic rings. The largest absolute Gasteiger partial charge is 0.336 e. The van der Waals surface area contributed by atoms with Gasteiger partial charge in [-0.3, -0.25) is 9.69 Å². The van der Waals surface area contributed by atoms with E-state index in [1.165, 1.54) is 34.4 Å². The highest BCUT2D eigenvalue weighted by Gasteiger charge is 2.26. The third-order valence-corrected chi connectivity index (χ3v) is 5.72. The molecule has 2 aromatic carbocycles. The second-order valence-corrected chi connectivity index (χ2v) is 7.74. The van der Waals surface area contributed by atoms with Crippen LogP contribution in [0.3, 0.4) is 0 Å². The van der Waals surface area contributed by atoms with Crippen molar-refractivity contribution in [2.45, 2.75) is 6.54 Å². The molecule has 8 heteroatoms. The van der Waals surface area contributed by atoms with Crippen molar-refractivity contribution in [1.82, 2.24) is 14.8 Å². The summed E-state index contributed by atoms with van der Waals surface area (Å²) in [6.07, 6.45) is 0. The third kappa shape index (κ3) is 4.33. The van der Waals surface area contributed by atoms with Crippen LogP contribution in [0.2, 0.25) is 0 Å². The van der Waals surface area contributed by atoms with Crippen LogP contribution in [0.15, 0.2) is 47.8 Å². The van der Waals surface area contributed by atoms with Crippen LogP contribution < -0.4 is 0 Å². The quantitative estimate of drug-likeness (QED) is 0.639. The number of benzene rings is 2. The number of carbonyl (C=O) groups is 1. The molecule has 0 aliphatic carbocycles. The fourth-order valence-corrected chi connectivity index (χ4v) is 4.14. The summed E-state index contributed by atoms with van der Waals surface area (Å²) in [5.41, 5.74) is 1.16. The Morgan fingerprint density at radius 3 is 2.28 bits per heavy atom. The van der Waals surface area contributed by atoms with Crippen molar-refractivity contribution in [2.75, 3.05) is 26.2 Å². The molecule has 0 unspecified atom stereocenters. The van der Waals surface area contributed by atoms with Crippen LogP contribution in [0, 0.1) is 17.5 Å². The smallest absolute Gasteiger partial charge is 0.259 e. The Kier molecular flexibility index (Phi) is 5.64. The maximum atomic E-state index is 13.9. The van der Waals surface area contributed by atoms with Crippen molar-refractivity contribution in [1.29, 1.82) is 0 Å². The minimum absolute atomic E-state index is 0.285. The lowest BCUT2D eigenvalue weighted by Crippen LogP contribution is -2.48. The zero-order valence-corrected chi connectivity index (χ0v) is 16.3. The van der Waals surface area contributed by atoms with Crippen LogP contribution in [-0.4, -0.2) is 46.9 Å². The molecule has 0 spiro atoms. The van der Waals surface area contributed by atoms with Crippen molar-refractivity contribution in [3.63, 3.8) is 0 Å². The van der Waals surface area contributed by atoms with E-state index in [2.05, 4.69) is 9.88 Å². The average molecular weight is 417 g/mol. The number of amides is 1. The molecule has 4 rings (SSSR count). The van der Waals surface area contributed by atoms with Gasteiger partial charge >= 0.3 is 0 Å². The fraction of sp³-hybridized carbons (Fsp3) is 0.238. The molecule has 2 heterocycles. The number of halogens is 3. The zero-order chi connectivity index (χ0) is 20.4. The molecule has 1 fully saturated rings. The Balaban J connectivity index is 1.36. The Morgan fingerprint density at radius 2 is 1.62 bits per heavy atom. The molecule has 1 aromatic heterocycles. The number of rotatable bonds is 4. The predicted octanol–water partition coefficient (Wildman–Crippen LogP) is 4.19. The molecule has 1 aliphatic heterocycles. The lowest BCUT2D eigenvalue weighted by molar-refractivity contribution is 0.0619. The van der Waals surface area contributed by atoms with Crippen molar-refractivity contribution in [3.8, 4) is 11.3 Å². The van der Waals surface area contributed by atoms with Gasteiger partial charge < -0.3 is 4.90 Å². The normalized spacial score (nSPS) is 14.9. The Morgan fingerprint density at radius 1 is 0.966 bits per heavy atom. The lowest BCUT2D eigenvalue weighted by atomic mass is 10.1. The summed E-state index contributed by atoms with van der Waals surface area (Å²) in [6, 6.07) is 9.63. The van der Waals surface area contributed by atoms with Crippen LogP contribution in [0.5, 0.6) is 0 Å². The second kappa shape index (κ2) is 8.34. The molecular formula is C21H18F3N3OS. The number of nitrogens with zero attached hydrogens (tertiary/aromatic N) is 3. The lowest BCUT2D eigenvalue weighted by Gasteiger charge is -2.34. The van der Waals surface area contributed by atoms with E-state index >= 15 is 0 Å². The first-order valence-corrected chi connectivity index (χ1v) is 10.1. The number of thiazole rings is 1. The van der Waals surface area contributed by atoms with Gasteiger partial charge in [0.15, 0.2) is 0 Å². The maximum Gasteiger partial charge on any atom is 0.259 e. The molecule has 0 radical (unpaired) electrons. The molecule has 4 nitrogen and oxygen atoms in total. The summed E-state index contributed by atoms with van der Waals surface area (Å²) in [4.78, 5) is 20.7. The number of hydrogen-bond acceptors (Lipinski definition) is 4. The summed E-state index contributed by atoms with van der Waals surface area (Å²) >= 11 is 1.52. The number of hydrogen-bond donors (Lipinski definition) is 0. The van der Waals surface area contributed by atoms with Crippen LogP contribution in [0.25, 0.3) is 11.3 Å². The van der Waals surface area contributed by atoms with Gasteiger partial charge in [0.25, 0.3) is 5.91 Å². The van der Waals surface area contributed by atoms with Gasteiger partial charge in [-0.2, -0.15) is 0 Å². The van der Waals surface area contributed by atoms with Crippen molar-refractivity contribution in [3.05, 3.63) is 75.9 Å². The molecule has 1 saturated heterocycles. The van der Waals surface area contributed by atoms with Gasteiger partial charge in [0, 0.05) is 37.1 Å². The van der Waals surface area contributed by atoms with Crippen molar-refractivity contribution < 1.29 is 18.0 Å². The SMILES string of the molecule is O=C(c1c(F)cccc1F)N1CCN(Cc2nc(-c3ccc(F)cc3)cs2)CC1. The van der Waals surface area contributed by atoms with Gasteiger partial charge in [-0.15, -0.1) is 11.3 Å². The van der Waals surface area contributed by atoms with E-state index in [0.29, 0.717) is 32.7 Å². The van der Waals surface area contributed by atoms with Crippen molar-refractivity contribution in [2.24, 2.45) is 0 Å². The summed E-state index contributed by atoms with van der Waals surface area (Å²) in [7, 11) is 0. The summed E-state index contributed by atoms with van der Waals surface area (Å²) < 4.78 is 40.8. The molecular weight excluding hydrogens is 399 g/mol. The van der Waals surface area contributed by atoms with Crippen LogP contribution in [-0.2, 0) is 6.54 Å². The van der Waals surface area contributed by atoms with E-state index in [1.54, 1.807) is 12.1 Å². The fourth-order valence-electron chi connectivity index (χ4n) is 3.30. The van der Waals surface area contributed by atoms with Crippen LogP contribution in [0.1, 0.15) is 15.4 Å². The van der Waals surface area contributed by atoms with Gasteiger partial charge in [0.2, 0.25) is 0 Å². The highest BCUT2D eigenvalue weighted by Crippen LogP contribution is 2.23. The van der Waals surface area contributed by atoms with Gasteiger partial charge in [-0.05, 0) is 36.4 Å². The first kappa shape index (κ1) is 19.6. The first-order chi connectivity index (χ1) is 14.0. The number of piperazine rings is 1. The van der Waals surface area contributed by atoms with Crippen molar-refractivity contribution >= 4 is 17.2 Å². The first-order valence-electron chi connectivity index (χ1n) is 9.17. The Labute approximate surface area is 170 Å². The van der Waals surface area contributed by atoms with E-state index < -0.39 is 23.1 Å². The monoisotopic (exact) mass is 417 g/mol.